The highest BCUT2D eigenvalue weighted by atomic mass is 16.5. The minimum Gasteiger partial charge on any atom is -0.497 e. The van der Waals surface area contributed by atoms with Crippen molar-refractivity contribution in [2.24, 2.45) is 0 Å². The van der Waals surface area contributed by atoms with E-state index in [0.29, 0.717) is 35.1 Å². The molecule has 2 aromatic carbocycles. The van der Waals surface area contributed by atoms with E-state index in [1.54, 1.807) is 20.3 Å². The topological polar surface area (TPSA) is 97.9 Å². The SMILES string of the molecule is COc1cc(OC)cc(-c2cc3cnc(Nc4c(C)cccc4N)cc3n(CCCN3CCN(C)CC3)c2=O)c1. The average Bonchev–Trinajstić information content (AvgIpc) is 2.96. The molecule has 3 heterocycles. The zero-order chi connectivity index (χ0) is 28.2. The van der Waals surface area contributed by atoms with Crippen LogP contribution in [0.4, 0.5) is 17.2 Å². The normalized spacial score (nSPS) is 14.4. The Balaban J connectivity index is 1.55. The molecular formula is C31H38N6O3. The first-order chi connectivity index (χ1) is 19.4. The lowest BCUT2D eigenvalue weighted by Gasteiger charge is -2.32. The number of methoxy groups -OCH3 is 2. The van der Waals surface area contributed by atoms with Gasteiger partial charge in [-0.1, -0.05) is 12.1 Å². The summed E-state index contributed by atoms with van der Waals surface area (Å²) in [5, 5.41) is 4.24. The quantitative estimate of drug-likeness (QED) is 0.301. The van der Waals surface area contributed by atoms with Crippen molar-refractivity contribution in [2.75, 3.05) is 65.0 Å². The zero-order valence-electron chi connectivity index (χ0n) is 23.7. The van der Waals surface area contributed by atoms with Crippen molar-refractivity contribution in [2.45, 2.75) is 19.9 Å². The van der Waals surface area contributed by atoms with Crippen molar-refractivity contribution in [1.29, 1.82) is 0 Å². The molecule has 0 bridgehead atoms. The van der Waals surface area contributed by atoms with Gasteiger partial charge in [-0.05, 0) is 62.3 Å². The Hall–Kier alpha value is -4.08. The van der Waals surface area contributed by atoms with E-state index in [0.717, 1.165) is 66.9 Å². The molecule has 1 aliphatic heterocycles. The summed E-state index contributed by atoms with van der Waals surface area (Å²) in [6, 6.07) is 15.2. The maximum atomic E-state index is 14.1. The van der Waals surface area contributed by atoms with Gasteiger partial charge in [-0.3, -0.25) is 4.79 Å². The Morgan fingerprint density at radius 1 is 0.975 bits per heavy atom. The molecule has 40 heavy (non-hydrogen) atoms. The fourth-order valence-corrected chi connectivity index (χ4v) is 5.25. The Labute approximate surface area is 235 Å². The maximum Gasteiger partial charge on any atom is 0.258 e. The van der Waals surface area contributed by atoms with Crippen molar-refractivity contribution in [1.82, 2.24) is 19.4 Å². The molecule has 2 aromatic heterocycles. The molecule has 0 aliphatic carbocycles. The van der Waals surface area contributed by atoms with Crippen molar-refractivity contribution in [3.63, 3.8) is 0 Å². The summed E-state index contributed by atoms with van der Waals surface area (Å²) in [6.07, 6.45) is 2.67. The van der Waals surface area contributed by atoms with Gasteiger partial charge in [0.15, 0.2) is 0 Å². The summed E-state index contributed by atoms with van der Waals surface area (Å²) in [4.78, 5) is 23.6. The van der Waals surface area contributed by atoms with Crippen LogP contribution in [0.3, 0.4) is 0 Å². The predicted molar refractivity (Wildman–Crippen MR) is 162 cm³/mol. The highest BCUT2D eigenvalue weighted by Crippen LogP contribution is 2.31. The van der Waals surface area contributed by atoms with Crippen LogP contribution in [0.2, 0.25) is 0 Å². The Morgan fingerprint density at radius 3 is 2.38 bits per heavy atom. The van der Waals surface area contributed by atoms with E-state index in [9.17, 15) is 4.79 Å². The van der Waals surface area contributed by atoms with E-state index in [2.05, 4.69) is 27.1 Å². The van der Waals surface area contributed by atoms with Gasteiger partial charge in [0, 0.05) is 62.0 Å². The number of likely N-dealkylation sites (N-methyl/N-ethyl adjacent to an activating group) is 1. The number of nitrogens with one attached hydrogen (secondary N) is 1. The first-order valence-corrected chi connectivity index (χ1v) is 13.7. The number of aromatic nitrogens is 2. The van der Waals surface area contributed by atoms with E-state index in [4.69, 9.17) is 15.2 Å². The van der Waals surface area contributed by atoms with Crippen molar-refractivity contribution < 1.29 is 9.47 Å². The van der Waals surface area contributed by atoms with Crippen LogP contribution in [-0.2, 0) is 6.54 Å². The third-order valence-corrected chi connectivity index (χ3v) is 7.65. The third kappa shape index (κ3) is 5.90. The van der Waals surface area contributed by atoms with Gasteiger partial charge in [0.1, 0.15) is 17.3 Å². The summed E-state index contributed by atoms with van der Waals surface area (Å²) in [6.45, 7) is 7.76. The number of ether oxygens (including phenoxy) is 2. The lowest BCUT2D eigenvalue weighted by atomic mass is 10.0. The second-order valence-electron chi connectivity index (χ2n) is 10.4. The fourth-order valence-electron chi connectivity index (χ4n) is 5.25. The smallest absolute Gasteiger partial charge is 0.258 e. The number of benzene rings is 2. The van der Waals surface area contributed by atoms with Crippen LogP contribution >= 0.6 is 0 Å². The molecule has 0 atom stereocenters. The van der Waals surface area contributed by atoms with E-state index >= 15 is 0 Å². The van der Waals surface area contributed by atoms with Crippen molar-refractivity contribution in [3.05, 3.63) is 70.6 Å². The monoisotopic (exact) mass is 542 g/mol. The Kier molecular flexibility index (Phi) is 8.23. The largest absolute Gasteiger partial charge is 0.497 e. The number of anilines is 3. The van der Waals surface area contributed by atoms with Gasteiger partial charge in [-0.2, -0.15) is 0 Å². The maximum absolute atomic E-state index is 14.1. The molecule has 0 saturated carbocycles. The summed E-state index contributed by atoms with van der Waals surface area (Å²) >= 11 is 0. The number of hydrogen-bond donors (Lipinski definition) is 2. The first-order valence-electron chi connectivity index (χ1n) is 13.7. The van der Waals surface area contributed by atoms with E-state index < -0.39 is 0 Å². The standard InChI is InChI=1S/C31H38N6O3/c1-21-7-5-8-27(32)30(21)34-29-19-28-23(20-33-29)17-26(22-15-24(39-3)18-25(16-22)40-4)31(38)37(28)10-6-9-36-13-11-35(2)12-14-36/h5,7-8,15-20H,6,9-14,32H2,1-4H3,(H,33,34). The minimum atomic E-state index is -0.0614. The molecule has 210 valence electrons. The van der Waals surface area contributed by atoms with Crippen LogP contribution in [0.25, 0.3) is 22.0 Å². The number of nitrogens with zero attached hydrogens (tertiary/aromatic N) is 4. The van der Waals surface area contributed by atoms with Gasteiger partial charge in [-0.15, -0.1) is 0 Å². The predicted octanol–water partition coefficient (Wildman–Crippen LogP) is 4.35. The number of pyridine rings is 2. The molecule has 5 rings (SSSR count). The molecule has 1 fully saturated rings. The summed E-state index contributed by atoms with van der Waals surface area (Å²) < 4.78 is 12.8. The molecule has 1 aliphatic rings. The Morgan fingerprint density at radius 2 is 1.70 bits per heavy atom. The molecule has 3 N–H and O–H groups in total. The van der Waals surface area contributed by atoms with Gasteiger partial charge in [0.2, 0.25) is 0 Å². The van der Waals surface area contributed by atoms with Gasteiger partial charge >= 0.3 is 0 Å². The van der Waals surface area contributed by atoms with Gasteiger partial charge in [0.05, 0.1) is 31.1 Å². The molecule has 9 heteroatoms. The lowest BCUT2D eigenvalue weighted by Crippen LogP contribution is -2.44. The molecular weight excluding hydrogens is 504 g/mol. The average molecular weight is 543 g/mol. The van der Waals surface area contributed by atoms with Crippen LogP contribution in [-0.4, -0.2) is 73.3 Å². The first kappa shape index (κ1) is 27.5. The number of aryl methyl sites for hydroxylation is 2. The van der Waals surface area contributed by atoms with Crippen molar-refractivity contribution >= 4 is 28.1 Å². The highest BCUT2D eigenvalue weighted by molar-refractivity contribution is 5.87. The second kappa shape index (κ2) is 12.0. The summed E-state index contributed by atoms with van der Waals surface area (Å²) in [7, 11) is 5.37. The van der Waals surface area contributed by atoms with Crippen molar-refractivity contribution in [3.8, 4) is 22.6 Å². The van der Waals surface area contributed by atoms with Crippen LogP contribution in [0.5, 0.6) is 11.5 Å². The molecule has 1 saturated heterocycles. The number of para-hydroxylation sites is 1. The van der Waals surface area contributed by atoms with E-state index in [1.807, 2.05) is 60.2 Å². The molecule has 0 unspecified atom stereocenters. The summed E-state index contributed by atoms with van der Waals surface area (Å²) in [5.41, 5.74) is 10.8. The molecule has 9 nitrogen and oxygen atoms in total. The molecule has 4 aromatic rings. The minimum absolute atomic E-state index is 0.0614. The van der Waals surface area contributed by atoms with Gasteiger partial charge < -0.3 is 34.9 Å². The Bertz CT molecular complexity index is 1520. The van der Waals surface area contributed by atoms with E-state index in [-0.39, 0.29) is 5.56 Å². The third-order valence-electron chi connectivity index (χ3n) is 7.65. The van der Waals surface area contributed by atoms with Crippen LogP contribution in [0, 0.1) is 6.92 Å². The van der Waals surface area contributed by atoms with E-state index in [1.165, 1.54) is 0 Å². The number of fused-ring (bicyclic) bond motifs is 1. The van der Waals surface area contributed by atoms with Crippen LogP contribution in [0.1, 0.15) is 12.0 Å². The molecule has 0 amide bonds. The second-order valence-corrected chi connectivity index (χ2v) is 10.4. The van der Waals surface area contributed by atoms with Crippen LogP contribution < -0.4 is 26.1 Å². The number of piperazine rings is 1. The lowest BCUT2D eigenvalue weighted by molar-refractivity contribution is 0.151. The number of nitrogen functional groups attached to an aromatic ring is 1. The highest BCUT2D eigenvalue weighted by Gasteiger charge is 2.17. The summed E-state index contributed by atoms with van der Waals surface area (Å²) in [5.74, 6) is 1.89. The van der Waals surface area contributed by atoms with Crippen LogP contribution in [0.15, 0.2) is 59.5 Å². The number of hydrogen-bond acceptors (Lipinski definition) is 8. The molecule has 0 radical (unpaired) electrons. The molecule has 0 spiro atoms. The fraction of sp³-hybridized carbons (Fsp3) is 0.355. The van der Waals surface area contributed by atoms with Gasteiger partial charge in [0.25, 0.3) is 5.56 Å². The zero-order valence-corrected chi connectivity index (χ0v) is 23.7. The number of rotatable bonds is 9. The van der Waals surface area contributed by atoms with Gasteiger partial charge in [-0.25, -0.2) is 4.98 Å². The number of nitrogens with two attached hydrogens (primary N) is 1.